The van der Waals surface area contributed by atoms with Crippen LogP contribution in [-0.2, 0) is 0 Å². The van der Waals surface area contributed by atoms with Crippen LogP contribution in [0.2, 0.25) is 0 Å². The smallest absolute Gasteiger partial charge is 0.207 e. The number of hydrogen-bond donors (Lipinski definition) is 2. The summed E-state index contributed by atoms with van der Waals surface area (Å²) < 4.78 is 1.45. The molecule has 24 heavy (non-hydrogen) atoms. The highest BCUT2D eigenvalue weighted by atomic mass is 16.3. The Morgan fingerprint density at radius 2 is 1.88 bits per heavy atom. The van der Waals surface area contributed by atoms with Gasteiger partial charge in [-0.15, -0.1) is 0 Å². The number of hydrogen-bond acceptors (Lipinski definition) is 5. The third kappa shape index (κ3) is 3.13. The molecular weight excluding hydrogens is 304 g/mol. The van der Waals surface area contributed by atoms with Crippen LogP contribution >= 0.6 is 0 Å². The molecule has 2 atom stereocenters. The Morgan fingerprint density at radius 3 is 2.58 bits per heavy atom. The lowest BCUT2D eigenvalue weighted by Crippen LogP contribution is -2.23. The van der Waals surface area contributed by atoms with Crippen molar-refractivity contribution in [3.05, 3.63) is 53.7 Å². The molecule has 0 spiro atoms. The van der Waals surface area contributed by atoms with Crippen LogP contribution in [0.4, 0.5) is 0 Å². The summed E-state index contributed by atoms with van der Waals surface area (Å²) in [5, 5.41) is 20.1. The third-order valence-electron chi connectivity index (χ3n) is 3.74. The number of aromatic nitrogens is 4. The predicted molar refractivity (Wildman–Crippen MR) is 90.0 cm³/mol. The zero-order valence-electron chi connectivity index (χ0n) is 13.5. The Labute approximate surface area is 139 Å². The molecule has 0 aliphatic heterocycles. The van der Waals surface area contributed by atoms with Crippen LogP contribution in [0.25, 0.3) is 11.2 Å². The second-order valence-electron chi connectivity index (χ2n) is 5.46. The molecule has 3 aromatic rings. The lowest BCUT2D eigenvalue weighted by atomic mass is 10.2. The Morgan fingerprint density at radius 1 is 1.12 bits per heavy atom. The van der Waals surface area contributed by atoms with Crippen molar-refractivity contribution >= 4 is 11.2 Å². The first kappa shape index (κ1) is 16.1. The number of aliphatic hydroxyl groups is 2. The van der Waals surface area contributed by atoms with Gasteiger partial charge in [-0.25, -0.2) is 15.0 Å². The Bertz CT molecular complexity index is 909. The van der Waals surface area contributed by atoms with E-state index in [0.717, 1.165) is 5.56 Å². The van der Waals surface area contributed by atoms with Crippen molar-refractivity contribution in [3.63, 3.8) is 0 Å². The minimum atomic E-state index is -1.11. The molecule has 0 amide bonds. The van der Waals surface area contributed by atoms with Gasteiger partial charge in [0.2, 0.25) is 5.82 Å². The molecule has 2 N–H and O–H groups in total. The Kier molecular flexibility index (Phi) is 4.56. The van der Waals surface area contributed by atoms with Gasteiger partial charge in [0.05, 0.1) is 18.1 Å². The van der Waals surface area contributed by atoms with Gasteiger partial charge in [0.1, 0.15) is 5.52 Å². The van der Waals surface area contributed by atoms with Crippen LogP contribution in [0, 0.1) is 18.8 Å². The summed E-state index contributed by atoms with van der Waals surface area (Å²) in [4.78, 5) is 13.0. The molecular formula is C18H18N4O2. The van der Waals surface area contributed by atoms with Crippen LogP contribution in [0.3, 0.4) is 0 Å². The van der Waals surface area contributed by atoms with Gasteiger partial charge in [-0.2, -0.15) is 0 Å². The first-order chi connectivity index (χ1) is 11.6. The lowest BCUT2D eigenvalue weighted by molar-refractivity contribution is -0.0275. The van der Waals surface area contributed by atoms with Gasteiger partial charge in [-0.3, -0.25) is 4.57 Å². The van der Waals surface area contributed by atoms with E-state index in [1.165, 1.54) is 10.9 Å². The molecule has 6 nitrogen and oxygen atoms in total. The molecule has 0 saturated carbocycles. The molecule has 0 aliphatic carbocycles. The quantitative estimate of drug-likeness (QED) is 0.718. The van der Waals surface area contributed by atoms with Gasteiger partial charge >= 0.3 is 0 Å². The van der Waals surface area contributed by atoms with Crippen molar-refractivity contribution in [2.45, 2.75) is 32.6 Å². The summed E-state index contributed by atoms with van der Waals surface area (Å²) in [6.45, 7) is 3.61. The van der Waals surface area contributed by atoms with Crippen LogP contribution in [-0.4, -0.2) is 35.8 Å². The summed E-state index contributed by atoms with van der Waals surface area (Å²) in [5.41, 5.74) is 2.59. The molecule has 0 bridgehead atoms. The summed E-state index contributed by atoms with van der Waals surface area (Å²) >= 11 is 0. The number of aliphatic hydroxyl groups excluding tert-OH is 2. The standard InChI is InChI=1S/C18H18N4O2/c1-3-14(23)18(24)22-11-19-16-12(2)20-15(21-17(16)22)10-9-13-7-5-4-6-8-13/h4-8,11,14,18,23-24H,3H2,1-2H3/t14?,18-/m1/s1. The summed E-state index contributed by atoms with van der Waals surface area (Å²) in [7, 11) is 0. The van der Waals surface area contributed by atoms with Gasteiger partial charge in [0.15, 0.2) is 11.9 Å². The van der Waals surface area contributed by atoms with Crippen molar-refractivity contribution < 1.29 is 10.2 Å². The molecule has 2 heterocycles. The number of imidazole rings is 1. The van der Waals surface area contributed by atoms with Crippen LogP contribution in [0.5, 0.6) is 0 Å². The third-order valence-corrected chi connectivity index (χ3v) is 3.74. The second-order valence-corrected chi connectivity index (χ2v) is 5.46. The van der Waals surface area contributed by atoms with E-state index >= 15 is 0 Å². The van der Waals surface area contributed by atoms with Crippen molar-refractivity contribution in [1.29, 1.82) is 0 Å². The number of rotatable bonds is 3. The molecule has 0 saturated heterocycles. The monoisotopic (exact) mass is 322 g/mol. The average Bonchev–Trinajstić information content (AvgIpc) is 3.04. The maximum atomic E-state index is 10.2. The summed E-state index contributed by atoms with van der Waals surface area (Å²) in [5.74, 6) is 6.30. The van der Waals surface area contributed by atoms with E-state index in [2.05, 4.69) is 26.8 Å². The van der Waals surface area contributed by atoms with E-state index in [1.807, 2.05) is 37.3 Å². The van der Waals surface area contributed by atoms with Crippen LogP contribution < -0.4 is 0 Å². The van der Waals surface area contributed by atoms with Gasteiger partial charge in [0, 0.05) is 5.56 Å². The molecule has 1 unspecified atom stereocenters. The van der Waals surface area contributed by atoms with E-state index in [4.69, 9.17) is 0 Å². The summed E-state index contributed by atoms with van der Waals surface area (Å²) in [6, 6.07) is 9.57. The molecule has 2 aromatic heterocycles. The SMILES string of the molecule is CCC(O)[C@@H](O)n1cnc2c(C)nc(C#Cc3ccccc3)nc21. The highest BCUT2D eigenvalue weighted by molar-refractivity contribution is 5.73. The topological polar surface area (TPSA) is 84.1 Å². The van der Waals surface area contributed by atoms with Crippen LogP contribution in [0.15, 0.2) is 36.7 Å². The van der Waals surface area contributed by atoms with E-state index < -0.39 is 12.3 Å². The zero-order chi connectivity index (χ0) is 17.1. The van der Waals surface area contributed by atoms with Gasteiger partial charge < -0.3 is 10.2 Å². The predicted octanol–water partition coefficient (Wildman–Crippen LogP) is 1.80. The maximum absolute atomic E-state index is 10.2. The van der Waals surface area contributed by atoms with Crippen LogP contribution in [0.1, 0.15) is 36.7 Å². The first-order valence-electron chi connectivity index (χ1n) is 7.74. The summed E-state index contributed by atoms with van der Waals surface area (Å²) in [6.07, 6.45) is -0.115. The van der Waals surface area contributed by atoms with Crippen molar-refractivity contribution in [1.82, 2.24) is 19.5 Å². The highest BCUT2D eigenvalue weighted by Crippen LogP contribution is 2.20. The van der Waals surface area contributed by atoms with Gasteiger partial charge in [0.25, 0.3) is 0 Å². The van der Waals surface area contributed by atoms with Crippen molar-refractivity contribution in [2.24, 2.45) is 0 Å². The molecule has 3 rings (SSSR count). The Balaban J connectivity index is 2.04. The molecule has 0 aliphatic rings. The van der Waals surface area contributed by atoms with E-state index in [1.54, 1.807) is 6.92 Å². The molecule has 122 valence electrons. The number of benzene rings is 1. The molecule has 6 heteroatoms. The van der Waals surface area contributed by atoms with E-state index in [0.29, 0.717) is 29.1 Å². The maximum Gasteiger partial charge on any atom is 0.207 e. The number of fused-ring (bicyclic) bond motifs is 1. The van der Waals surface area contributed by atoms with E-state index in [9.17, 15) is 10.2 Å². The Hall–Kier alpha value is -2.75. The second kappa shape index (κ2) is 6.79. The van der Waals surface area contributed by atoms with E-state index in [-0.39, 0.29) is 0 Å². The lowest BCUT2D eigenvalue weighted by Gasteiger charge is -2.17. The molecule has 0 radical (unpaired) electrons. The van der Waals surface area contributed by atoms with Crippen molar-refractivity contribution in [3.8, 4) is 11.8 Å². The fourth-order valence-corrected chi connectivity index (χ4v) is 2.35. The van der Waals surface area contributed by atoms with Gasteiger partial charge in [-0.05, 0) is 31.4 Å². The zero-order valence-corrected chi connectivity index (χ0v) is 13.5. The average molecular weight is 322 g/mol. The molecule has 0 fully saturated rings. The normalized spacial score (nSPS) is 13.3. The first-order valence-corrected chi connectivity index (χ1v) is 7.74. The minimum absolute atomic E-state index is 0.351. The minimum Gasteiger partial charge on any atom is -0.388 e. The largest absolute Gasteiger partial charge is 0.388 e. The number of aryl methyl sites for hydroxylation is 1. The fraction of sp³-hybridized carbons (Fsp3) is 0.278. The van der Waals surface area contributed by atoms with Crippen molar-refractivity contribution in [2.75, 3.05) is 0 Å². The number of nitrogens with zero attached hydrogens (tertiary/aromatic N) is 4. The highest BCUT2D eigenvalue weighted by Gasteiger charge is 2.20. The van der Waals surface area contributed by atoms with Gasteiger partial charge in [-0.1, -0.05) is 31.0 Å². The fourth-order valence-electron chi connectivity index (χ4n) is 2.35. The molecule has 1 aromatic carbocycles.